The van der Waals surface area contributed by atoms with E-state index in [-0.39, 0.29) is 18.3 Å². The molecule has 2 rings (SSSR count). The van der Waals surface area contributed by atoms with Gasteiger partial charge in [-0.1, -0.05) is 28.9 Å². The van der Waals surface area contributed by atoms with E-state index >= 15 is 0 Å². The molecule has 110 valence electrons. The zero-order chi connectivity index (χ0) is 15.2. The third kappa shape index (κ3) is 4.47. The molecule has 0 fully saturated rings. The number of nitrogens with zero attached hydrogens (tertiary/aromatic N) is 1. The van der Waals surface area contributed by atoms with Crippen LogP contribution in [0.1, 0.15) is 10.4 Å². The first-order valence-corrected chi connectivity index (χ1v) is 7.37. The van der Waals surface area contributed by atoms with Crippen LogP contribution in [0.2, 0.25) is 5.02 Å². The van der Waals surface area contributed by atoms with Gasteiger partial charge in [0.2, 0.25) is 0 Å². The Balaban J connectivity index is 1.85. The number of nitrogens with two attached hydrogens (primary N) is 1. The molecular formula is C14H14ClN3O2S. The summed E-state index contributed by atoms with van der Waals surface area (Å²) in [5.41, 5.74) is 7.25. The first-order chi connectivity index (χ1) is 10.1. The van der Waals surface area contributed by atoms with Gasteiger partial charge in [-0.15, -0.1) is 11.3 Å². The van der Waals surface area contributed by atoms with Gasteiger partial charge in [0.05, 0.1) is 4.88 Å². The number of halogens is 1. The van der Waals surface area contributed by atoms with Crippen LogP contribution in [0.3, 0.4) is 0 Å². The van der Waals surface area contributed by atoms with E-state index in [1.165, 1.54) is 11.3 Å². The molecule has 1 heterocycles. The minimum absolute atomic E-state index is 0.225. The van der Waals surface area contributed by atoms with E-state index in [4.69, 9.17) is 22.2 Å². The first-order valence-electron chi connectivity index (χ1n) is 6.11. The van der Waals surface area contributed by atoms with Gasteiger partial charge in [0.25, 0.3) is 5.91 Å². The molecule has 0 atom stereocenters. The van der Waals surface area contributed by atoms with Crippen LogP contribution >= 0.6 is 22.9 Å². The molecule has 0 bridgehead atoms. The molecular weight excluding hydrogens is 310 g/mol. The zero-order valence-corrected chi connectivity index (χ0v) is 12.9. The standard InChI is InChI=1S/C14H14ClN3O2S/c1-9-4-5-10(7-11(9)15)17-13(19)8-20-18-14(16)12-3-2-6-21-12/h2-7H,8H2,1H3,(H2,16,18)(H,17,19). The summed E-state index contributed by atoms with van der Waals surface area (Å²) in [6.07, 6.45) is 0. The molecule has 0 aliphatic heterocycles. The van der Waals surface area contributed by atoms with Crippen LogP contribution < -0.4 is 11.1 Å². The summed E-state index contributed by atoms with van der Waals surface area (Å²) in [5, 5.41) is 8.83. The molecule has 7 heteroatoms. The number of carbonyl (C=O) groups excluding carboxylic acids is 1. The Kier molecular flexibility index (Phi) is 5.19. The average Bonchev–Trinajstić information content (AvgIpc) is 2.97. The molecule has 0 aliphatic carbocycles. The SMILES string of the molecule is Cc1ccc(NC(=O)CO/N=C(/N)c2cccs2)cc1Cl. The lowest BCUT2D eigenvalue weighted by Crippen LogP contribution is -2.19. The largest absolute Gasteiger partial charge is 0.384 e. The molecule has 1 amide bonds. The van der Waals surface area contributed by atoms with Gasteiger partial charge < -0.3 is 15.9 Å². The quantitative estimate of drug-likeness (QED) is 0.504. The van der Waals surface area contributed by atoms with Gasteiger partial charge in [0.15, 0.2) is 12.4 Å². The van der Waals surface area contributed by atoms with Crippen molar-refractivity contribution in [3.05, 3.63) is 51.2 Å². The van der Waals surface area contributed by atoms with Gasteiger partial charge in [-0.05, 0) is 36.1 Å². The molecule has 0 spiro atoms. The average molecular weight is 324 g/mol. The van der Waals surface area contributed by atoms with E-state index in [1.807, 2.05) is 30.5 Å². The van der Waals surface area contributed by atoms with Crippen molar-refractivity contribution in [3.63, 3.8) is 0 Å². The lowest BCUT2D eigenvalue weighted by molar-refractivity contribution is -0.120. The summed E-state index contributed by atoms with van der Waals surface area (Å²) in [4.78, 5) is 17.4. The van der Waals surface area contributed by atoms with E-state index in [2.05, 4.69) is 10.5 Å². The highest BCUT2D eigenvalue weighted by molar-refractivity contribution is 7.12. The summed E-state index contributed by atoms with van der Waals surface area (Å²) >= 11 is 7.42. The number of carbonyl (C=O) groups is 1. The highest BCUT2D eigenvalue weighted by Gasteiger charge is 2.05. The van der Waals surface area contributed by atoms with Crippen LogP contribution in [0, 0.1) is 6.92 Å². The van der Waals surface area contributed by atoms with Crippen LogP contribution in [0.5, 0.6) is 0 Å². The Morgan fingerprint density at radius 3 is 2.95 bits per heavy atom. The topological polar surface area (TPSA) is 76.7 Å². The molecule has 5 nitrogen and oxygen atoms in total. The minimum atomic E-state index is -0.336. The van der Waals surface area contributed by atoms with Crippen molar-refractivity contribution in [2.24, 2.45) is 10.9 Å². The van der Waals surface area contributed by atoms with Crippen LogP contribution in [-0.4, -0.2) is 18.3 Å². The van der Waals surface area contributed by atoms with Gasteiger partial charge in [-0.3, -0.25) is 4.79 Å². The number of benzene rings is 1. The van der Waals surface area contributed by atoms with Gasteiger partial charge >= 0.3 is 0 Å². The third-order valence-electron chi connectivity index (χ3n) is 2.59. The summed E-state index contributed by atoms with van der Waals surface area (Å²) in [6, 6.07) is 8.95. The molecule has 0 radical (unpaired) electrons. The fourth-order valence-corrected chi connectivity index (χ4v) is 2.30. The highest BCUT2D eigenvalue weighted by atomic mass is 35.5. The fraction of sp³-hybridized carbons (Fsp3) is 0.143. The van der Waals surface area contributed by atoms with Crippen molar-refractivity contribution in [1.29, 1.82) is 0 Å². The molecule has 2 aromatic rings. The molecule has 1 aromatic heterocycles. The van der Waals surface area contributed by atoms with Crippen molar-refractivity contribution in [2.75, 3.05) is 11.9 Å². The third-order valence-corrected chi connectivity index (χ3v) is 3.89. The van der Waals surface area contributed by atoms with Crippen molar-refractivity contribution in [1.82, 2.24) is 0 Å². The Morgan fingerprint density at radius 2 is 2.29 bits per heavy atom. The van der Waals surface area contributed by atoms with E-state index in [1.54, 1.807) is 12.1 Å². The van der Waals surface area contributed by atoms with Crippen molar-refractivity contribution in [2.45, 2.75) is 6.92 Å². The molecule has 0 saturated carbocycles. The number of thiophene rings is 1. The number of hydrogen-bond acceptors (Lipinski definition) is 4. The molecule has 0 saturated heterocycles. The molecule has 1 aromatic carbocycles. The number of amidine groups is 1. The molecule has 21 heavy (non-hydrogen) atoms. The number of amides is 1. The maximum atomic E-state index is 11.7. The maximum absolute atomic E-state index is 11.7. The van der Waals surface area contributed by atoms with Crippen LogP contribution in [0.4, 0.5) is 5.69 Å². The van der Waals surface area contributed by atoms with E-state index in [0.717, 1.165) is 10.4 Å². The normalized spacial score (nSPS) is 11.2. The Labute approximate surface area is 131 Å². The molecule has 3 N–H and O–H groups in total. The monoisotopic (exact) mass is 323 g/mol. The maximum Gasteiger partial charge on any atom is 0.265 e. The zero-order valence-electron chi connectivity index (χ0n) is 11.3. The summed E-state index contributed by atoms with van der Waals surface area (Å²) in [7, 11) is 0. The van der Waals surface area contributed by atoms with Crippen molar-refractivity contribution < 1.29 is 9.63 Å². The highest BCUT2D eigenvalue weighted by Crippen LogP contribution is 2.19. The number of hydrogen-bond donors (Lipinski definition) is 2. The van der Waals surface area contributed by atoms with Crippen LogP contribution in [0.15, 0.2) is 40.9 Å². The fourth-order valence-electron chi connectivity index (χ4n) is 1.50. The van der Waals surface area contributed by atoms with Crippen molar-refractivity contribution >= 4 is 40.4 Å². The van der Waals surface area contributed by atoms with Gasteiger partial charge in [0.1, 0.15) is 0 Å². The Hall–Kier alpha value is -2.05. The predicted molar refractivity (Wildman–Crippen MR) is 85.8 cm³/mol. The number of aryl methyl sites for hydroxylation is 1. The van der Waals surface area contributed by atoms with Crippen molar-refractivity contribution in [3.8, 4) is 0 Å². The van der Waals surface area contributed by atoms with Gasteiger partial charge in [-0.25, -0.2) is 0 Å². The summed E-state index contributed by atoms with van der Waals surface area (Å²) < 4.78 is 0. The number of anilines is 1. The van der Waals surface area contributed by atoms with E-state index in [0.29, 0.717) is 10.7 Å². The molecule has 0 unspecified atom stereocenters. The smallest absolute Gasteiger partial charge is 0.265 e. The Bertz CT molecular complexity index is 656. The van der Waals surface area contributed by atoms with Gasteiger partial charge in [-0.2, -0.15) is 0 Å². The summed E-state index contributed by atoms with van der Waals surface area (Å²) in [6.45, 7) is 1.66. The second-order valence-corrected chi connectivity index (χ2v) is 5.59. The molecule has 0 aliphatic rings. The second-order valence-electron chi connectivity index (χ2n) is 4.24. The second kappa shape index (κ2) is 7.10. The number of oxime groups is 1. The van der Waals surface area contributed by atoms with Crippen LogP contribution in [0.25, 0.3) is 0 Å². The summed E-state index contributed by atoms with van der Waals surface area (Å²) in [5.74, 6) is -0.0890. The van der Waals surface area contributed by atoms with Gasteiger partial charge in [0, 0.05) is 10.7 Å². The van der Waals surface area contributed by atoms with E-state index in [9.17, 15) is 4.79 Å². The lowest BCUT2D eigenvalue weighted by Gasteiger charge is -2.06. The number of nitrogens with one attached hydrogen (secondary N) is 1. The Morgan fingerprint density at radius 1 is 1.48 bits per heavy atom. The first kappa shape index (κ1) is 15.3. The van der Waals surface area contributed by atoms with E-state index < -0.39 is 0 Å². The van der Waals surface area contributed by atoms with Crippen LogP contribution in [-0.2, 0) is 9.63 Å². The number of rotatable bonds is 5. The minimum Gasteiger partial charge on any atom is -0.384 e. The lowest BCUT2D eigenvalue weighted by atomic mass is 10.2. The predicted octanol–water partition coefficient (Wildman–Crippen LogP) is 2.99.